The summed E-state index contributed by atoms with van der Waals surface area (Å²) < 4.78 is 0. The zero-order chi connectivity index (χ0) is 18.9. The molecular formula is C22H24N4O. The van der Waals surface area contributed by atoms with Gasteiger partial charge in [-0.3, -0.25) is 4.79 Å². The van der Waals surface area contributed by atoms with Crippen molar-refractivity contribution in [3.8, 4) is 11.4 Å². The molecule has 0 bridgehead atoms. The van der Waals surface area contributed by atoms with Gasteiger partial charge in [0.2, 0.25) is 0 Å². The number of carbonyl (C=O) groups is 1. The van der Waals surface area contributed by atoms with Crippen LogP contribution in [0.2, 0.25) is 0 Å². The molecule has 2 N–H and O–H groups in total. The molecule has 1 amide bonds. The Labute approximate surface area is 159 Å². The summed E-state index contributed by atoms with van der Waals surface area (Å²) in [5, 5.41) is 6.23. The molecule has 0 atom stereocenters. The third-order valence-electron chi connectivity index (χ3n) is 4.12. The van der Waals surface area contributed by atoms with Crippen molar-refractivity contribution < 1.29 is 4.79 Å². The lowest BCUT2D eigenvalue weighted by Crippen LogP contribution is -2.24. The molecule has 5 heteroatoms. The number of aromatic nitrogens is 2. The molecule has 0 radical (unpaired) electrons. The Morgan fingerprint density at radius 3 is 2.37 bits per heavy atom. The van der Waals surface area contributed by atoms with E-state index < -0.39 is 0 Å². The Morgan fingerprint density at radius 1 is 0.963 bits per heavy atom. The Morgan fingerprint density at radius 2 is 1.67 bits per heavy atom. The van der Waals surface area contributed by atoms with Crippen LogP contribution in [-0.2, 0) is 6.54 Å². The number of amides is 1. The first-order valence-electron chi connectivity index (χ1n) is 9.27. The summed E-state index contributed by atoms with van der Waals surface area (Å²) in [4.78, 5) is 21.7. The Hall–Kier alpha value is -3.21. The van der Waals surface area contributed by atoms with E-state index in [2.05, 4.69) is 27.5 Å². The topological polar surface area (TPSA) is 66.9 Å². The van der Waals surface area contributed by atoms with Crippen molar-refractivity contribution in [2.45, 2.75) is 26.3 Å². The molecule has 0 unspecified atom stereocenters. The van der Waals surface area contributed by atoms with Crippen molar-refractivity contribution in [2.75, 3.05) is 11.9 Å². The highest BCUT2D eigenvalue weighted by atomic mass is 16.1. The van der Waals surface area contributed by atoms with Crippen LogP contribution in [0.15, 0.2) is 66.7 Å². The van der Waals surface area contributed by atoms with Crippen LogP contribution in [-0.4, -0.2) is 22.4 Å². The lowest BCUT2D eigenvalue weighted by Gasteiger charge is -2.10. The molecule has 3 aromatic rings. The quantitative estimate of drug-likeness (QED) is 0.588. The van der Waals surface area contributed by atoms with Crippen LogP contribution in [0.3, 0.4) is 0 Å². The second-order valence-corrected chi connectivity index (χ2v) is 6.28. The van der Waals surface area contributed by atoms with Crippen molar-refractivity contribution in [2.24, 2.45) is 0 Å². The zero-order valence-corrected chi connectivity index (χ0v) is 15.5. The summed E-state index contributed by atoms with van der Waals surface area (Å²) in [6, 6.07) is 21.2. The predicted octanol–water partition coefficient (Wildman–Crippen LogP) is 4.29. The number of hydrogen-bond acceptors (Lipinski definition) is 4. The van der Waals surface area contributed by atoms with Crippen molar-refractivity contribution in [1.29, 1.82) is 0 Å². The number of hydrogen-bond donors (Lipinski definition) is 2. The minimum absolute atomic E-state index is 0.211. The Bertz CT molecular complexity index is 866. The van der Waals surface area contributed by atoms with Crippen LogP contribution in [0.4, 0.5) is 5.82 Å². The fraction of sp³-hybridized carbons (Fsp3) is 0.227. The second kappa shape index (κ2) is 9.48. The molecular weight excluding hydrogens is 336 g/mol. The van der Waals surface area contributed by atoms with Gasteiger partial charge in [0, 0.05) is 24.7 Å². The first-order valence-corrected chi connectivity index (χ1v) is 9.27. The number of unbranched alkanes of at least 4 members (excludes halogenated alkanes) is 1. The van der Waals surface area contributed by atoms with Gasteiger partial charge in [0.15, 0.2) is 5.82 Å². The first kappa shape index (κ1) is 18.6. The van der Waals surface area contributed by atoms with E-state index in [9.17, 15) is 4.79 Å². The molecule has 0 fully saturated rings. The van der Waals surface area contributed by atoms with Gasteiger partial charge in [-0.15, -0.1) is 0 Å². The van der Waals surface area contributed by atoms with E-state index in [1.54, 1.807) is 6.07 Å². The van der Waals surface area contributed by atoms with Crippen LogP contribution >= 0.6 is 0 Å². The number of rotatable bonds is 8. The molecule has 138 valence electrons. The average Bonchev–Trinajstić information content (AvgIpc) is 2.73. The van der Waals surface area contributed by atoms with Gasteiger partial charge >= 0.3 is 0 Å². The van der Waals surface area contributed by atoms with Crippen LogP contribution in [0.5, 0.6) is 0 Å². The lowest BCUT2D eigenvalue weighted by atomic mass is 10.2. The smallest absolute Gasteiger partial charge is 0.270 e. The monoisotopic (exact) mass is 360 g/mol. The molecule has 3 rings (SSSR count). The van der Waals surface area contributed by atoms with E-state index in [0.29, 0.717) is 23.9 Å². The van der Waals surface area contributed by atoms with Crippen LogP contribution in [0.1, 0.15) is 35.8 Å². The molecule has 1 aromatic heterocycles. The molecule has 27 heavy (non-hydrogen) atoms. The van der Waals surface area contributed by atoms with Gasteiger partial charge in [-0.05, 0) is 12.0 Å². The summed E-state index contributed by atoms with van der Waals surface area (Å²) in [7, 11) is 0. The maximum Gasteiger partial charge on any atom is 0.270 e. The van der Waals surface area contributed by atoms with Gasteiger partial charge < -0.3 is 10.6 Å². The third kappa shape index (κ3) is 5.38. The fourth-order valence-electron chi connectivity index (χ4n) is 2.63. The zero-order valence-electron chi connectivity index (χ0n) is 15.5. The van der Waals surface area contributed by atoms with Crippen molar-refractivity contribution >= 4 is 11.7 Å². The molecule has 0 aliphatic carbocycles. The SMILES string of the molecule is CCCCNc1cc(C(=O)NCc2ccccc2)nc(-c2ccccc2)n1. The van der Waals surface area contributed by atoms with Crippen LogP contribution < -0.4 is 10.6 Å². The summed E-state index contributed by atoms with van der Waals surface area (Å²) in [6.45, 7) is 3.41. The molecule has 2 aromatic carbocycles. The van der Waals surface area contributed by atoms with Gasteiger partial charge in [0.1, 0.15) is 11.5 Å². The Balaban J connectivity index is 1.81. The van der Waals surface area contributed by atoms with E-state index >= 15 is 0 Å². The third-order valence-corrected chi connectivity index (χ3v) is 4.12. The highest BCUT2D eigenvalue weighted by Gasteiger charge is 2.13. The van der Waals surface area contributed by atoms with Crippen molar-refractivity contribution in [1.82, 2.24) is 15.3 Å². The molecule has 0 saturated carbocycles. The number of nitrogens with one attached hydrogen (secondary N) is 2. The summed E-state index contributed by atoms with van der Waals surface area (Å²) >= 11 is 0. The van der Waals surface area contributed by atoms with E-state index in [-0.39, 0.29) is 5.91 Å². The van der Waals surface area contributed by atoms with E-state index in [0.717, 1.165) is 30.5 Å². The van der Waals surface area contributed by atoms with Gasteiger partial charge in [-0.1, -0.05) is 74.0 Å². The fourth-order valence-corrected chi connectivity index (χ4v) is 2.63. The lowest BCUT2D eigenvalue weighted by molar-refractivity contribution is 0.0946. The van der Waals surface area contributed by atoms with Crippen molar-refractivity contribution in [3.05, 3.63) is 78.0 Å². The van der Waals surface area contributed by atoms with E-state index in [4.69, 9.17) is 0 Å². The summed E-state index contributed by atoms with van der Waals surface area (Å²) in [5.74, 6) is 1.00. The molecule has 0 aliphatic heterocycles. The highest BCUT2D eigenvalue weighted by Crippen LogP contribution is 2.18. The number of nitrogens with zero attached hydrogens (tertiary/aromatic N) is 2. The van der Waals surface area contributed by atoms with E-state index in [1.807, 2.05) is 60.7 Å². The largest absolute Gasteiger partial charge is 0.370 e. The van der Waals surface area contributed by atoms with Gasteiger partial charge in [0.25, 0.3) is 5.91 Å². The molecule has 1 heterocycles. The molecule has 0 saturated heterocycles. The van der Waals surface area contributed by atoms with Crippen LogP contribution in [0, 0.1) is 0 Å². The molecule has 5 nitrogen and oxygen atoms in total. The van der Waals surface area contributed by atoms with Gasteiger partial charge in [-0.2, -0.15) is 0 Å². The highest BCUT2D eigenvalue weighted by molar-refractivity contribution is 5.93. The van der Waals surface area contributed by atoms with Gasteiger partial charge in [-0.25, -0.2) is 9.97 Å². The summed E-state index contributed by atoms with van der Waals surface area (Å²) in [5.41, 5.74) is 2.29. The first-order chi connectivity index (χ1) is 13.3. The number of anilines is 1. The Kier molecular flexibility index (Phi) is 6.52. The van der Waals surface area contributed by atoms with Gasteiger partial charge in [0.05, 0.1) is 0 Å². The maximum absolute atomic E-state index is 12.7. The predicted molar refractivity (Wildman–Crippen MR) is 108 cm³/mol. The maximum atomic E-state index is 12.7. The minimum atomic E-state index is -0.211. The minimum Gasteiger partial charge on any atom is -0.370 e. The molecule has 0 aliphatic rings. The van der Waals surface area contributed by atoms with Crippen LogP contribution in [0.25, 0.3) is 11.4 Å². The van der Waals surface area contributed by atoms with E-state index in [1.165, 1.54) is 0 Å². The second-order valence-electron chi connectivity index (χ2n) is 6.28. The molecule has 0 spiro atoms. The normalized spacial score (nSPS) is 10.4. The number of carbonyl (C=O) groups excluding carboxylic acids is 1. The summed E-state index contributed by atoms with van der Waals surface area (Å²) in [6.07, 6.45) is 2.13. The van der Waals surface area contributed by atoms with Crippen molar-refractivity contribution in [3.63, 3.8) is 0 Å². The number of benzene rings is 2. The standard InChI is InChI=1S/C22H24N4O/c1-2-3-14-23-20-15-19(22(27)24-16-17-10-6-4-7-11-17)25-21(26-20)18-12-8-5-9-13-18/h4-13,15H,2-3,14,16H2,1H3,(H,24,27)(H,23,25,26). The average molecular weight is 360 g/mol.